The number of anilines is 1. The van der Waals surface area contributed by atoms with Gasteiger partial charge in [0.2, 0.25) is 0 Å². The number of hydrogen-bond acceptors (Lipinski definition) is 2. The van der Waals surface area contributed by atoms with E-state index in [1.807, 2.05) is 0 Å². The van der Waals surface area contributed by atoms with Crippen LogP contribution in [-0.2, 0) is 0 Å². The van der Waals surface area contributed by atoms with Crippen molar-refractivity contribution < 1.29 is 13.2 Å². The van der Waals surface area contributed by atoms with Gasteiger partial charge in [-0.05, 0) is 17.5 Å². The topological polar surface area (TPSA) is 48.0 Å². The third kappa shape index (κ3) is 2.05. The van der Waals surface area contributed by atoms with Crippen molar-refractivity contribution in [2.24, 2.45) is 0 Å². The molecule has 2 N–H and O–H groups in total. The van der Waals surface area contributed by atoms with Gasteiger partial charge >= 0.3 is 0 Å². The second-order valence-corrected chi connectivity index (χ2v) is 4.52. The van der Waals surface area contributed by atoms with Crippen molar-refractivity contribution >= 4 is 16.6 Å². The van der Waals surface area contributed by atoms with Crippen LogP contribution < -0.4 is 11.3 Å². The Morgan fingerprint density at radius 1 is 1.00 bits per heavy atom. The van der Waals surface area contributed by atoms with Gasteiger partial charge in [-0.25, -0.2) is 13.2 Å². The minimum absolute atomic E-state index is 0.109. The van der Waals surface area contributed by atoms with E-state index in [0.29, 0.717) is 11.5 Å². The predicted octanol–water partition coefficient (Wildman–Crippen LogP) is 2.99. The van der Waals surface area contributed by atoms with Crippen LogP contribution in [0.3, 0.4) is 0 Å². The molecule has 3 nitrogen and oxygen atoms in total. The fourth-order valence-corrected chi connectivity index (χ4v) is 2.23. The highest BCUT2D eigenvalue weighted by Gasteiger charge is 2.17. The van der Waals surface area contributed by atoms with Crippen molar-refractivity contribution in [3.05, 3.63) is 70.3 Å². The molecule has 3 aromatic rings. The first-order chi connectivity index (χ1) is 9.99. The molecule has 6 heteroatoms. The van der Waals surface area contributed by atoms with Crippen LogP contribution in [0, 0.1) is 17.5 Å². The van der Waals surface area contributed by atoms with Gasteiger partial charge in [-0.2, -0.15) is 0 Å². The van der Waals surface area contributed by atoms with Gasteiger partial charge in [-0.15, -0.1) is 0 Å². The van der Waals surface area contributed by atoms with Crippen LogP contribution in [0.2, 0.25) is 0 Å². The quantitative estimate of drug-likeness (QED) is 0.700. The summed E-state index contributed by atoms with van der Waals surface area (Å²) in [7, 11) is 0. The molecule has 1 heterocycles. The zero-order valence-electron chi connectivity index (χ0n) is 10.6. The van der Waals surface area contributed by atoms with Crippen molar-refractivity contribution in [3.8, 4) is 5.69 Å². The summed E-state index contributed by atoms with van der Waals surface area (Å²) in [5.41, 5.74) is 4.54. The average Bonchev–Trinajstić information content (AvgIpc) is 2.44. The number of nitrogens with zero attached hydrogens (tertiary/aromatic N) is 1. The monoisotopic (exact) mass is 290 g/mol. The van der Waals surface area contributed by atoms with E-state index in [1.54, 1.807) is 18.2 Å². The SMILES string of the molecule is Nc1cc2ccccc2c(=O)n1-c1cc(F)cc(F)c1F. The Labute approximate surface area is 117 Å². The highest BCUT2D eigenvalue weighted by molar-refractivity contribution is 5.84. The van der Waals surface area contributed by atoms with E-state index in [9.17, 15) is 18.0 Å². The molecule has 0 aliphatic carbocycles. The molecule has 0 amide bonds. The molecule has 0 aliphatic rings. The number of nitrogens with two attached hydrogens (primary N) is 1. The lowest BCUT2D eigenvalue weighted by molar-refractivity contribution is 0.490. The van der Waals surface area contributed by atoms with Gasteiger partial charge in [0.05, 0.1) is 5.69 Å². The standard InChI is InChI=1S/C15H9F3N2O/c16-9-6-11(17)14(18)12(7-9)20-13(19)5-8-3-1-2-4-10(8)15(20)21/h1-7H,19H2. The van der Waals surface area contributed by atoms with Gasteiger partial charge in [-0.3, -0.25) is 9.36 Å². The highest BCUT2D eigenvalue weighted by Crippen LogP contribution is 2.22. The summed E-state index contributed by atoms with van der Waals surface area (Å²) in [6.07, 6.45) is 0. The van der Waals surface area contributed by atoms with Crippen molar-refractivity contribution in [2.45, 2.75) is 0 Å². The summed E-state index contributed by atoms with van der Waals surface area (Å²) < 4.78 is 41.3. The molecule has 0 aliphatic heterocycles. The van der Waals surface area contributed by atoms with Gasteiger partial charge in [0, 0.05) is 17.5 Å². The summed E-state index contributed by atoms with van der Waals surface area (Å²) in [6.45, 7) is 0. The molecule has 0 saturated heterocycles. The molecule has 0 atom stereocenters. The largest absolute Gasteiger partial charge is 0.385 e. The maximum atomic E-state index is 13.9. The highest BCUT2D eigenvalue weighted by atomic mass is 19.2. The molecule has 1 aromatic heterocycles. The molecule has 0 fully saturated rings. The summed E-state index contributed by atoms with van der Waals surface area (Å²) >= 11 is 0. The van der Waals surface area contributed by atoms with Crippen molar-refractivity contribution in [3.63, 3.8) is 0 Å². The molecule has 0 spiro atoms. The fraction of sp³-hybridized carbons (Fsp3) is 0. The van der Waals surface area contributed by atoms with E-state index in [2.05, 4.69) is 0 Å². The number of hydrogen-bond donors (Lipinski definition) is 1. The molecule has 0 bridgehead atoms. The van der Waals surface area contributed by atoms with Gasteiger partial charge < -0.3 is 5.73 Å². The number of halogens is 3. The number of pyridine rings is 1. The first-order valence-corrected chi connectivity index (χ1v) is 6.04. The molecule has 2 aromatic carbocycles. The van der Waals surface area contributed by atoms with E-state index < -0.39 is 28.7 Å². The number of aromatic nitrogens is 1. The number of benzene rings is 2. The Morgan fingerprint density at radius 2 is 1.71 bits per heavy atom. The van der Waals surface area contributed by atoms with E-state index in [4.69, 9.17) is 5.73 Å². The number of rotatable bonds is 1. The van der Waals surface area contributed by atoms with E-state index in [-0.39, 0.29) is 11.2 Å². The predicted molar refractivity (Wildman–Crippen MR) is 73.8 cm³/mol. The average molecular weight is 290 g/mol. The van der Waals surface area contributed by atoms with Crippen LogP contribution in [-0.4, -0.2) is 4.57 Å². The number of fused-ring (bicyclic) bond motifs is 1. The first-order valence-electron chi connectivity index (χ1n) is 6.04. The minimum atomic E-state index is -1.38. The van der Waals surface area contributed by atoms with Gasteiger partial charge in [0.1, 0.15) is 11.6 Å². The van der Waals surface area contributed by atoms with Gasteiger partial charge in [-0.1, -0.05) is 18.2 Å². The zero-order valence-corrected chi connectivity index (χ0v) is 10.6. The third-order valence-corrected chi connectivity index (χ3v) is 3.17. The lowest BCUT2D eigenvalue weighted by Crippen LogP contribution is -2.22. The lowest BCUT2D eigenvalue weighted by atomic mass is 10.1. The number of nitrogen functional groups attached to an aromatic ring is 1. The fourth-order valence-electron chi connectivity index (χ4n) is 2.23. The molecule has 0 saturated carbocycles. The second kappa shape index (κ2) is 4.66. The Kier molecular flexibility index (Phi) is 2.94. The maximum absolute atomic E-state index is 13.9. The Hall–Kier alpha value is -2.76. The van der Waals surface area contributed by atoms with Crippen LogP contribution in [0.5, 0.6) is 0 Å². The van der Waals surface area contributed by atoms with Gasteiger partial charge in [0.25, 0.3) is 5.56 Å². The summed E-state index contributed by atoms with van der Waals surface area (Å²) in [4.78, 5) is 12.4. The Balaban J connectivity index is 2.44. The molecule has 0 unspecified atom stereocenters. The molecular weight excluding hydrogens is 281 g/mol. The smallest absolute Gasteiger partial charge is 0.264 e. The van der Waals surface area contributed by atoms with E-state index >= 15 is 0 Å². The summed E-state index contributed by atoms with van der Waals surface area (Å²) in [6, 6.07) is 9.12. The molecular formula is C15H9F3N2O. The van der Waals surface area contributed by atoms with Crippen LogP contribution in [0.15, 0.2) is 47.3 Å². The molecule has 0 radical (unpaired) electrons. The maximum Gasteiger partial charge on any atom is 0.264 e. The van der Waals surface area contributed by atoms with Gasteiger partial charge in [0.15, 0.2) is 11.6 Å². The van der Waals surface area contributed by atoms with E-state index in [0.717, 1.165) is 10.6 Å². The third-order valence-electron chi connectivity index (χ3n) is 3.17. The van der Waals surface area contributed by atoms with Crippen LogP contribution in [0.1, 0.15) is 0 Å². The molecule has 3 rings (SSSR count). The van der Waals surface area contributed by atoms with Crippen molar-refractivity contribution in [1.29, 1.82) is 0 Å². The van der Waals surface area contributed by atoms with Crippen molar-refractivity contribution in [2.75, 3.05) is 5.73 Å². The second-order valence-electron chi connectivity index (χ2n) is 4.52. The normalized spacial score (nSPS) is 11.0. The van der Waals surface area contributed by atoms with Crippen LogP contribution in [0.25, 0.3) is 16.5 Å². The first kappa shape index (κ1) is 13.2. The Morgan fingerprint density at radius 3 is 2.48 bits per heavy atom. The lowest BCUT2D eigenvalue weighted by Gasteiger charge is -2.12. The Bertz CT molecular complexity index is 919. The van der Waals surface area contributed by atoms with Crippen LogP contribution in [0.4, 0.5) is 19.0 Å². The minimum Gasteiger partial charge on any atom is -0.385 e. The van der Waals surface area contributed by atoms with Crippen molar-refractivity contribution in [1.82, 2.24) is 4.57 Å². The molecule has 106 valence electrons. The summed E-state index contributed by atoms with van der Waals surface area (Å²) in [5, 5.41) is 0.837. The van der Waals surface area contributed by atoms with E-state index in [1.165, 1.54) is 12.1 Å². The summed E-state index contributed by atoms with van der Waals surface area (Å²) in [5.74, 6) is -3.82. The van der Waals surface area contributed by atoms with Crippen LogP contribution >= 0.6 is 0 Å². The zero-order chi connectivity index (χ0) is 15.1. The molecule has 21 heavy (non-hydrogen) atoms.